The van der Waals surface area contributed by atoms with Crippen LogP contribution in [0, 0.1) is 10.1 Å². The first-order chi connectivity index (χ1) is 14.0. The van der Waals surface area contributed by atoms with Crippen molar-refractivity contribution in [3.8, 4) is 11.5 Å². The summed E-state index contributed by atoms with van der Waals surface area (Å²) in [5.74, 6) is 0.809. The second-order valence-electron chi connectivity index (χ2n) is 6.79. The topological polar surface area (TPSA) is 85.2 Å². The van der Waals surface area contributed by atoms with Crippen molar-refractivity contribution >= 4 is 11.6 Å². The molecule has 0 aliphatic carbocycles. The second-order valence-corrected chi connectivity index (χ2v) is 6.79. The lowest BCUT2D eigenvalue weighted by Gasteiger charge is -2.34. The average Bonchev–Trinajstić information content (AvgIpc) is 2.75. The number of carbonyl (C=O) groups is 1. The quantitative estimate of drug-likeness (QED) is 0.526. The van der Waals surface area contributed by atoms with E-state index in [2.05, 4.69) is 17.0 Å². The maximum absolute atomic E-state index is 12.8. The van der Waals surface area contributed by atoms with Gasteiger partial charge in [-0.25, -0.2) is 0 Å². The number of amides is 1. The lowest BCUT2D eigenvalue weighted by molar-refractivity contribution is -0.385. The van der Waals surface area contributed by atoms with Crippen LogP contribution in [-0.4, -0.2) is 60.5 Å². The SMILES string of the molecule is CCOc1ccc(CN2CCN(C(=O)c3ccc(OC)c([N+](=O)[O-])c3)CC2)cc1. The zero-order valence-electron chi connectivity index (χ0n) is 16.7. The Balaban J connectivity index is 1.58. The number of nitro groups is 1. The van der Waals surface area contributed by atoms with Gasteiger partial charge in [-0.2, -0.15) is 0 Å². The highest BCUT2D eigenvalue weighted by Crippen LogP contribution is 2.28. The molecule has 0 radical (unpaired) electrons. The van der Waals surface area contributed by atoms with Crippen LogP contribution in [0.5, 0.6) is 11.5 Å². The third kappa shape index (κ3) is 5.03. The first kappa shape index (κ1) is 20.6. The van der Waals surface area contributed by atoms with Crippen LogP contribution in [0.1, 0.15) is 22.8 Å². The van der Waals surface area contributed by atoms with Gasteiger partial charge in [0.25, 0.3) is 5.91 Å². The van der Waals surface area contributed by atoms with Gasteiger partial charge in [-0.3, -0.25) is 19.8 Å². The summed E-state index contributed by atoms with van der Waals surface area (Å²) in [7, 11) is 1.37. The van der Waals surface area contributed by atoms with Crippen molar-refractivity contribution < 1.29 is 19.2 Å². The summed E-state index contributed by atoms with van der Waals surface area (Å²) < 4.78 is 10.5. The lowest BCUT2D eigenvalue weighted by atomic mass is 10.1. The van der Waals surface area contributed by atoms with Gasteiger partial charge >= 0.3 is 5.69 Å². The fourth-order valence-electron chi connectivity index (χ4n) is 3.37. The summed E-state index contributed by atoms with van der Waals surface area (Å²) in [5.41, 5.74) is 1.30. The van der Waals surface area contributed by atoms with Gasteiger partial charge in [0.05, 0.1) is 18.6 Å². The normalized spacial score (nSPS) is 14.5. The van der Waals surface area contributed by atoms with Crippen LogP contribution in [0.3, 0.4) is 0 Å². The van der Waals surface area contributed by atoms with Crippen LogP contribution in [0.25, 0.3) is 0 Å². The minimum Gasteiger partial charge on any atom is -0.494 e. The first-order valence-electron chi connectivity index (χ1n) is 9.57. The van der Waals surface area contributed by atoms with E-state index in [0.29, 0.717) is 25.3 Å². The van der Waals surface area contributed by atoms with Gasteiger partial charge in [-0.1, -0.05) is 12.1 Å². The number of methoxy groups -OCH3 is 1. The maximum atomic E-state index is 12.8. The summed E-state index contributed by atoms with van der Waals surface area (Å²) in [5, 5.41) is 11.2. The highest BCUT2D eigenvalue weighted by atomic mass is 16.6. The minimum absolute atomic E-state index is 0.145. The third-order valence-corrected chi connectivity index (χ3v) is 4.92. The van der Waals surface area contributed by atoms with Gasteiger partial charge in [-0.15, -0.1) is 0 Å². The molecule has 29 heavy (non-hydrogen) atoms. The van der Waals surface area contributed by atoms with Gasteiger partial charge < -0.3 is 14.4 Å². The molecule has 0 unspecified atom stereocenters. The molecular formula is C21H25N3O5. The van der Waals surface area contributed by atoms with E-state index >= 15 is 0 Å². The van der Waals surface area contributed by atoms with E-state index in [1.54, 1.807) is 11.0 Å². The van der Waals surface area contributed by atoms with Gasteiger partial charge in [0.15, 0.2) is 5.75 Å². The van der Waals surface area contributed by atoms with Crippen LogP contribution < -0.4 is 9.47 Å². The highest BCUT2D eigenvalue weighted by Gasteiger charge is 2.25. The molecular weight excluding hydrogens is 374 g/mol. The summed E-state index contributed by atoms with van der Waals surface area (Å²) in [6.45, 7) is 6.06. The molecule has 0 spiro atoms. The predicted molar refractivity (Wildman–Crippen MR) is 108 cm³/mol. The van der Waals surface area contributed by atoms with Crippen LogP contribution >= 0.6 is 0 Å². The molecule has 0 atom stereocenters. The van der Waals surface area contributed by atoms with Crippen molar-refractivity contribution in [2.75, 3.05) is 39.9 Å². The van der Waals surface area contributed by atoms with E-state index in [9.17, 15) is 14.9 Å². The summed E-state index contributed by atoms with van der Waals surface area (Å²) in [4.78, 5) is 27.4. The smallest absolute Gasteiger partial charge is 0.311 e. The Hall–Kier alpha value is -3.13. The second kappa shape index (κ2) is 9.38. The number of rotatable bonds is 7. The zero-order chi connectivity index (χ0) is 20.8. The predicted octanol–water partition coefficient (Wildman–Crippen LogP) is 2.96. The van der Waals surface area contributed by atoms with Gasteiger partial charge in [0.1, 0.15) is 5.75 Å². The van der Waals surface area contributed by atoms with E-state index in [4.69, 9.17) is 9.47 Å². The number of hydrogen-bond donors (Lipinski definition) is 0. The number of nitrogens with zero attached hydrogens (tertiary/aromatic N) is 3. The monoisotopic (exact) mass is 399 g/mol. The number of benzene rings is 2. The minimum atomic E-state index is -0.537. The Bertz CT molecular complexity index is 861. The number of nitro benzene ring substituents is 1. The van der Waals surface area contributed by atoms with Crippen LogP contribution in [0.4, 0.5) is 5.69 Å². The zero-order valence-corrected chi connectivity index (χ0v) is 16.7. The molecule has 0 aromatic heterocycles. The highest BCUT2D eigenvalue weighted by molar-refractivity contribution is 5.95. The molecule has 2 aromatic carbocycles. The van der Waals surface area contributed by atoms with Crippen molar-refractivity contribution in [1.29, 1.82) is 0 Å². The molecule has 2 aromatic rings. The molecule has 154 valence electrons. The Morgan fingerprint density at radius 3 is 2.38 bits per heavy atom. The number of hydrogen-bond acceptors (Lipinski definition) is 6. The van der Waals surface area contributed by atoms with Crippen molar-refractivity contribution in [2.45, 2.75) is 13.5 Å². The van der Waals surface area contributed by atoms with Crippen molar-refractivity contribution in [3.63, 3.8) is 0 Å². The molecule has 1 fully saturated rings. The summed E-state index contributed by atoms with van der Waals surface area (Å²) in [6, 6.07) is 12.4. The van der Waals surface area contributed by atoms with Gasteiger partial charge in [-0.05, 0) is 36.8 Å². The Kier molecular flexibility index (Phi) is 6.66. The average molecular weight is 399 g/mol. The van der Waals surface area contributed by atoms with Gasteiger partial charge in [0.2, 0.25) is 0 Å². The van der Waals surface area contributed by atoms with E-state index in [0.717, 1.165) is 25.4 Å². The van der Waals surface area contributed by atoms with Crippen LogP contribution in [-0.2, 0) is 6.54 Å². The number of carbonyl (C=O) groups excluding carboxylic acids is 1. The van der Waals surface area contributed by atoms with Crippen LogP contribution in [0.2, 0.25) is 0 Å². The van der Waals surface area contributed by atoms with E-state index in [1.165, 1.54) is 24.8 Å². The van der Waals surface area contributed by atoms with E-state index in [-0.39, 0.29) is 17.3 Å². The fourth-order valence-corrected chi connectivity index (χ4v) is 3.37. The van der Waals surface area contributed by atoms with Gasteiger partial charge in [0, 0.05) is 44.4 Å². The first-order valence-corrected chi connectivity index (χ1v) is 9.57. The van der Waals surface area contributed by atoms with E-state index in [1.807, 2.05) is 19.1 Å². The Morgan fingerprint density at radius 1 is 1.10 bits per heavy atom. The van der Waals surface area contributed by atoms with Crippen molar-refractivity contribution in [2.24, 2.45) is 0 Å². The molecule has 8 heteroatoms. The molecule has 8 nitrogen and oxygen atoms in total. The number of ether oxygens (including phenoxy) is 2. The molecule has 1 aliphatic heterocycles. The summed E-state index contributed by atoms with van der Waals surface area (Å²) in [6.07, 6.45) is 0. The third-order valence-electron chi connectivity index (χ3n) is 4.92. The Labute approximate surface area is 169 Å². The lowest BCUT2D eigenvalue weighted by Crippen LogP contribution is -2.48. The molecule has 0 N–H and O–H groups in total. The molecule has 0 bridgehead atoms. The molecule has 0 saturated carbocycles. The molecule has 3 rings (SSSR count). The van der Waals surface area contributed by atoms with E-state index < -0.39 is 4.92 Å². The molecule has 1 aliphatic rings. The van der Waals surface area contributed by atoms with Crippen molar-refractivity contribution in [1.82, 2.24) is 9.80 Å². The molecule has 1 heterocycles. The largest absolute Gasteiger partial charge is 0.494 e. The molecule has 1 saturated heterocycles. The van der Waals surface area contributed by atoms with Crippen LogP contribution in [0.15, 0.2) is 42.5 Å². The fraction of sp³-hybridized carbons (Fsp3) is 0.381. The standard InChI is InChI=1S/C21H25N3O5/c1-3-29-18-7-4-16(5-8-18)15-22-10-12-23(13-11-22)21(25)17-6-9-20(28-2)19(14-17)24(26)27/h4-9,14H,3,10-13,15H2,1-2H3. The summed E-state index contributed by atoms with van der Waals surface area (Å²) >= 11 is 0. The van der Waals surface area contributed by atoms with Crippen molar-refractivity contribution in [3.05, 3.63) is 63.7 Å². The maximum Gasteiger partial charge on any atom is 0.311 e. The number of piperazine rings is 1. The molecule has 1 amide bonds. The Morgan fingerprint density at radius 2 is 1.79 bits per heavy atom.